The van der Waals surface area contributed by atoms with Gasteiger partial charge in [-0.25, -0.2) is 8.42 Å². The zero-order valence-electron chi connectivity index (χ0n) is 14.3. The van der Waals surface area contributed by atoms with Gasteiger partial charge in [0.05, 0.1) is 30.0 Å². The summed E-state index contributed by atoms with van der Waals surface area (Å²) < 4.78 is 40.0. The maximum atomic E-state index is 13.2. The van der Waals surface area contributed by atoms with Crippen LogP contribution in [0.3, 0.4) is 0 Å². The highest BCUT2D eigenvalue weighted by atomic mass is 35.5. The van der Waals surface area contributed by atoms with Crippen LogP contribution in [-0.2, 0) is 21.8 Å². The van der Waals surface area contributed by atoms with E-state index in [1.54, 1.807) is 42.3 Å². The molecule has 9 nitrogen and oxygen atoms in total. The monoisotopic (exact) mass is 409 g/mol. The molecule has 0 bridgehead atoms. The molecule has 0 radical (unpaired) electrons. The Hall–Kier alpha value is -2.27. The molecule has 0 spiro atoms. The number of nitrogens with zero attached hydrogens (tertiary/aromatic N) is 5. The summed E-state index contributed by atoms with van der Waals surface area (Å²) in [6.07, 6.45) is 3.32. The van der Waals surface area contributed by atoms with E-state index in [4.69, 9.17) is 20.9 Å². The van der Waals surface area contributed by atoms with E-state index in [2.05, 4.69) is 15.2 Å². The molecule has 3 aromatic rings. The summed E-state index contributed by atoms with van der Waals surface area (Å²) in [4.78, 5) is 4.38. The number of hydrogen-bond acceptors (Lipinski definition) is 7. The Morgan fingerprint density at radius 2 is 2.11 bits per heavy atom. The Balaban J connectivity index is 1.69. The quantitative estimate of drug-likeness (QED) is 0.648. The van der Waals surface area contributed by atoms with Crippen molar-refractivity contribution in [2.75, 3.05) is 19.8 Å². The predicted octanol–water partition coefficient (Wildman–Crippen LogP) is 1.89. The molecule has 1 saturated heterocycles. The van der Waals surface area contributed by atoms with Crippen LogP contribution >= 0.6 is 11.6 Å². The molecule has 27 heavy (non-hydrogen) atoms. The van der Waals surface area contributed by atoms with Crippen molar-refractivity contribution < 1.29 is 17.7 Å². The van der Waals surface area contributed by atoms with E-state index in [1.165, 1.54) is 10.4 Å². The van der Waals surface area contributed by atoms with Gasteiger partial charge in [-0.1, -0.05) is 28.9 Å². The molecule has 0 N–H and O–H groups in total. The molecule has 1 aliphatic heterocycles. The lowest BCUT2D eigenvalue weighted by atomic mass is 10.2. The maximum Gasteiger partial charge on any atom is 0.261 e. The number of hydrogen-bond donors (Lipinski definition) is 0. The molecule has 1 atom stereocenters. The van der Waals surface area contributed by atoms with E-state index in [0.717, 1.165) is 0 Å². The number of ether oxygens (including phenoxy) is 1. The van der Waals surface area contributed by atoms with Crippen molar-refractivity contribution in [2.24, 2.45) is 7.05 Å². The number of halogens is 1. The van der Waals surface area contributed by atoms with E-state index in [-0.39, 0.29) is 41.4 Å². The highest BCUT2D eigenvalue weighted by Crippen LogP contribution is 2.32. The van der Waals surface area contributed by atoms with Gasteiger partial charge in [0.15, 0.2) is 5.82 Å². The Morgan fingerprint density at radius 3 is 2.85 bits per heavy atom. The Kier molecular flexibility index (Phi) is 4.72. The van der Waals surface area contributed by atoms with Gasteiger partial charge in [-0.3, -0.25) is 4.68 Å². The van der Waals surface area contributed by atoms with E-state index >= 15 is 0 Å². The predicted molar refractivity (Wildman–Crippen MR) is 95.4 cm³/mol. The van der Waals surface area contributed by atoms with Crippen molar-refractivity contribution in [1.29, 1.82) is 0 Å². The molecule has 0 amide bonds. The molecule has 3 heterocycles. The van der Waals surface area contributed by atoms with Gasteiger partial charge in [0, 0.05) is 19.8 Å². The largest absolute Gasteiger partial charge is 0.378 e. The fourth-order valence-corrected chi connectivity index (χ4v) is 4.93. The zero-order valence-corrected chi connectivity index (χ0v) is 15.9. The average molecular weight is 410 g/mol. The molecule has 0 saturated carbocycles. The van der Waals surface area contributed by atoms with Gasteiger partial charge in [0.1, 0.15) is 10.9 Å². The summed E-state index contributed by atoms with van der Waals surface area (Å²) >= 11 is 6.11. The number of morpholine rings is 1. The molecule has 2 aromatic heterocycles. The minimum absolute atomic E-state index is 0.0366. The normalized spacial score (nSPS) is 18.7. The number of aryl methyl sites for hydroxylation is 1. The molecule has 11 heteroatoms. The van der Waals surface area contributed by atoms with Crippen LogP contribution in [0, 0.1) is 0 Å². The lowest BCUT2D eigenvalue weighted by Gasteiger charge is -2.32. The number of rotatable bonds is 4. The van der Waals surface area contributed by atoms with E-state index in [9.17, 15) is 8.42 Å². The SMILES string of the molecule is Cn1cc(-c2nc([C@@H]3COCCN3S(=O)(=O)c3ccccc3Cl)no2)cn1. The highest BCUT2D eigenvalue weighted by Gasteiger charge is 2.38. The van der Waals surface area contributed by atoms with Crippen LogP contribution in [-0.4, -0.2) is 52.4 Å². The summed E-state index contributed by atoms with van der Waals surface area (Å²) in [5.41, 5.74) is 0.647. The van der Waals surface area contributed by atoms with Gasteiger partial charge in [0.2, 0.25) is 10.0 Å². The topological polar surface area (TPSA) is 103 Å². The lowest BCUT2D eigenvalue weighted by molar-refractivity contribution is 0.0282. The molecule has 0 unspecified atom stereocenters. The van der Waals surface area contributed by atoms with Crippen LogP contribution in [0.4, 0.5) is 0 Å². The van der Waals surface area contributed by atoms with Crippen molar-refractivity contribution in [2.45, 2.75) is 10.9 Å². The lowest BCUT2D eigenvalue weighted by Crippen LogP contribution is -2.43. The minimum atomic E-state index is -3.86. The summed E-state index contributed by atoms with van der Waals surface area (Å²) in [6.45, 7) is 0.554. The van der Waals surface area contributed by atoms with Crippen molar-refractivity contribution in [1.82, 2.24) is 24.2 Å². The Bertz CT molecular complexity index is 1060. The molecule has 0 aliphatic carbocycles. The van der Waals surface area contributed by atoms with Gasteiger partial charge in [0.25, 0.3) is 5.89 Å². The average Bonchev–Trinajstić information content (AvgIpc) is 3.31. The number of aromatic nitrogens is 4. The van der Waals surface area contributed by atoms with Crippen LogP contribution in [0.5, 0.6) is 0 Å². The number of sulfonamides is 1. The van der Waals surface area contributed by atoms with Crippen LogP contribution in [0.1, 0.15) is 11.9 Å². The fraction of sp³-hybridized carbons (Fsp3) is 0.312. The summed E-state index contributed by atoms with van der Waals surface area (Å²) in [6, 6.07) is 5.61. The third-order valence-electron chi connectivity index (χ3n) is 4.19. The van der Waals surface area contributed by atoms with Crippen LogP contribution in [0.2, 0.25) is 5.02 Å². The second kappa shape index (κ2) is 7.04. The first kappa shape index (κ1) is 18.1. The first-order valence-corrected chi connectivity index (χ1v) is 9.95. The first-order valence-electron chi connectivity index (χ1n) is 8.13. The first-order chi connectivity index (χ1) is 13.0. The summed E-state index contributed by atoms with van der Waals surface area (Å²) in [7, 11) is -2.09. The van der Waals surface area contributed by atoms with E-state index in [0.29, 0.717) is 5.56 Å². The van der Waals surface area contributed by atoms with Crippen molar-refractivity contribution in [3.05, 3.63) is 47.5 Å². The van der Waals surface area contributed by atoms with Gasteiger partial charge in [-0.15, -0.1) is 0 Å². The fourth-order valence-electron chi connectivity index (χ4n) is 2.88. The van der Waals surface area contributed by atoms with Crippen molar-refractivity contribution in [3.63, 3.8) is 0 Å². The van der Waals surface area contributed by atoms with E-state index in [1.807, 2.05) is 0 Å². The second-order valence-electron chi connectivity index (χ2n) is 6.00. The zero-order chi connectivity index (χ0) is 19.0. The Morgan fingerprint density at radius 1 is 1.30 bits per heavy atom. The molecule has 142 valence electrons. The maximum absolute atomic E-state index is 13.2. The summed E-state index contributed by atoms with van der Waals surface area (Å²) in [5.74, 6) is 0.489. The molecular weight excluding hydrogens is 394 g/mol. The number of benzene rings is 1. The molecule has 1 aromatic carbocycles. The third kappa shape index (κ3) is 3.36. The van der Waals surface area contributed by atoms with Crippen LogP contribution < -0.4 is 0 Å². The Labute approximate surface area is 160 Å². The highest BCUT2D eigenvalue weighted by molar-refractivity contribution is 7.89. The van der Waals surface area contributed by atoms with Gasteiger partial charge in [-0.2, -0.15) is 14.4 Å². The van der Waals surface area contributed by atoms with E-state index < -0.39 is 16.1 Å². The summed E-state index contributed by atoms with van der Waals surface area (Å²) in [5, 5.41) is 8.18. The molecule has 1 aliphatic rings. The van der Waals surface area contributed by atoms with Crippen LogP contribution in [0.15, 0.2) is 46.1 Å². The molecule has 4 rings (SSSR count). The van der Waals surface area contributed by atoms with Crippen molar-refractivity contribution >= 4 is 21.6 Å². The molecular formula is C16H16ClN5O4S. The van der Waals surface area contributed by atoms with Gasteiger partial charge in [-0.05, 0) is 12.1 Å². The van der Waals surface area contributed by atoms with Gasteiger partial charge >= 0.3 is 0 Å². The third-order valence-corrected chi connectivity index (χ3v) is 6.60. The molecule has 1 fully saturated rings. The van der Waals surface area contributed by atoms with Gasteiger partial charge < -0.3 is 9.26 Å². The minimum Gasteiger partial charge on any atom is -0.378 e. The standard InChI is InChI=1S/C16H16ClN5O4S/c1-21-9-11(8-18-21)16-19-15(20-26-16)13-10-25-7-6-22(13)27(23,24)14-5-3-2-4-12(14)17/h2-5,8-9,13H,6-7,10H2,1H3/t13-/m0/s1. The van der Waals surface area contributed by atoms with Crippen LogP contribution in [0.25, 0.3) is 11.5 Å². The second-order valence-corrected chi connectivity index (χ2v) is 8.26. The smallest absolute Gasteiger partial charge is 0.261 e. The van der Waals surface area contributed by atoms with Crippen molar-refractivity contribution in [3.8, 4) is 11.5 Å².